The molecule has 5 rings (SSSR count). The summed E-state index contributed by atoms with van der Waals surface area (Å²) in [5.74, 6) is -2.24. The van der Waals surface area contributed by atoms with Gasteiger partial charge in [-0.25, -0.2) is 18.2 Å². The van der Waals surface area contributed by atoms with E-state index in [1.54, 1.807) is 0 Å². The van der Waals surface area contributed by atoms with Crippen molar-refractivity contribution in [2.45, 2.75) is 75.5 Å². The SMILES string of the molecule is CO[C@H]1COc2cc(S(=O)(=O)NC(=O)Cc3c(C(C)C)cc(C(C)c4ccc(F)c(Cl)c4F)cc3C3CC3)nn2C1. The average molecular weight is 608 g/mol. The van der Waals surface area contributed by atoms with Crippen LogP contribution in [0.5, 0.6) is 5.88 Å². The molecule has 2 aromatic carbocycles. The zero-order chi connectivity index (χ0) is 29.6. The lowest BCUT2D eigenvalue weighted by atomic mass is 9.83. The molecule has 1 N–H and O–H groups in total. The molecular formula is C29H32ClF2N3O5S. The van der Waals surface area contributed by atoms with Crippen molar-refractivity contribution < 1.29 is 31.5 Å². The summed E-state index contributed by atoms with van der Waals surface area (Å²) in [5, 5.41) is 3.25. The standard InChI is InChI=1S/C29H32ClF2N3O5S/c1-15(2)21-9-18(16(3)20-7-8-24(31)28(30)29(20)32)10-22(17-5-6-17)23(21)11-25(36)34-41(37,38)26-12-27-35(33-26)13-19(39-4)14-40-27/h7-10,12,15-17,19H,5-6,11,13-14H2,1-4H3,(H,34,36)/t16?,19-/m1/s1. The molecule has 2 heterocycles. The van der Waals surface area contributed by atoms with E-state index in [2.05, 4.69) is 9.82 Å². The Morgan fingerprint density at radius 3 is 2.59 bits per heavy atom. The minimum atomic E-state index is -4.26. The average Bonchev–Trinajstić information content (AvgIpc) is 3.68. The molecule has 0 saturated heterocycles. The molecule has 1 saturated carbocycles. The first-order valence-corrected chi connectivity index (χ1v) is 15.3. The fraction of sp³-hybridized carbons (Fsp3) is 0.448. The van der Waals surface area contributed by atoms with E-state index in [1.165, 1.54) is 23.9 Å². The number of ether oxygens (including phenoxy) is 2. The van der Waals surface area contributed by atoms with Crippen molar-refractivity contribution in [3.05, 3.63) is 74.8 Å². The van der Waals surface area contributed by atoms with Crippen molar-refractivity contribution in [2.24, 2.45) is 0 Å². The highest BCUT2D eigenvalue weighted by Crippen LogP contribution is 2.45. The Balaban J connectivity index is 1.43. The van der Waals surface area contributed by atoms with Gasteiger partial charge in [0.1, 0.15) is 29.4 Å². The Kier molecular flexibility index (Phi) is 8.15. The third kappa shape index (κ3) is 5.98. The summed E-state index contributed by atoms with van der Waals surface area (Å²) in [6.45, 7) is 6.39. The number of hydrogen-bond donors (Lipinski definition) is 1. The number of benzene rings is 2. The predicted molar refractivity (Wildman–Crippen MR) is 149 cm³/mol. The minimum absolute atomic E-state index is 0.00791. The molecule has 41 heavy (non-hydrogen) atoms. The summed E-state index contributed by atoms with van der Waals surface area (Å²) in [6.07, 6.45) is 1.45. The number of sulfonamides is 1. The summed E-state index contributed by atoms with van der Waals surface area (Å²) in [4.78, 5) is 13.2. The number of rotatable bonds is 9. The van der Waals surface area contributed by atoms with Crippen molar-refractivity contribution in [1.82, 2.24) is 14.5 Å². The smallest absolute Gasteiger partial charge is 0.283 e. The van der Waals surface area contributed by atoms with Gasteiger partial charge in [0.2, 0.25) is 16.8 Å². The largest absolute Gasteiger partial charge is 0.475 e. The van der Waals surface area contributed by atoms with Crippen molar-refractivity contribution in [1.29, 1.82) is 0 Å². The van der Waals surface area contributed by atoms with Crippen LogP contribution >= 0.6 is 11.6 Å². The van der Waals surface area contributed by atoms with E-state index in [0.29, 0.717) is 6.54 Å². The first-order valence-electron chi connectivity index (χ1n) is 13.5. The number of fused-ring (bicyclic) bond motifs is 1. The molecule has 2 aliphatic rings. The Bertz CT molecular complexity index is 1580. The van der Waals surface area contributed by atoms with E-state index < -0.39 is 38.5 Å². The van der Waals surface area contributed by atoms with Gasteiger partial charge in [0.05, 0.1) is 13.0 Å². The molecule has 0 bridgehead atoms. The Labute approximate surface area is 243 Å². The minimum Gasteiger partial charge on any atom is -0.475 e. The number of hydrogen-bond acceptors (Lipinski definition) is 6. The van der Waals surface area contributed by atoms with Gasteiger partial charge in [-0.05, 0) is 58.6 Å². The maximum Gasteiger partial charge on any atom is 0.283 e. The second-order valence-electron chi connectivity index (χ2n) is 11.0. The van der Waals surface area contributed by atoms with Gasteiger partial charge >= 0.3 is 0 Å². The monoisotopic (exact) mass is 607 g/mol. The molecule has 12 heteroatoms. The normalized spacial score (nSPS) is 17.7. The lowest BCUT2D eigenvalue weighted by molar-refractivity contribution is -0.118. The number of carbonyl (C=O) groups is 1. The number of carbonyl (C=O) groups excluding carboxylic acids is 1. The van der Waals surface area contributed by atoms with E-state index in [-0.39, 0.29) is 47.4 Å². The van der Waals surface area contributed by atoms with Crippen LogP contribution in [-0.2, 0) is 32.5 Å². The van der Waals surface area contributed by atoms with Crippen LogP contribution < -0.4 is 9.46 Å². The predicted octanol–water partition coefficient (Wildman–Crippen LogP) is 5.42. The summed E-state index contributed by atoms with van der Waals surface area (Å²) in [7, 11) is -2.72. The number of halogens is 3. The van der Waals surface area contributed by atoms with Gasteiger partial charge in [-0.3, -0.25) is 4.79 Å². The second kappa shape index (κ2) is 11.3. The summed E-state index contributed by atoms with van der Waals surface area (Å²) in [5.41, 5.74) is 3.66. The highest BCUT2D eigenvalue weighted by atomic mass is 35.5. The highest BCUT2D eigenvalue weighted by molar-refractivity contribution is 7.90. The quantitative estimate of drug-likeness (QED) is 0.326. The van der Waals surface area contributed by atoms with Gasteiger partial charge in [-0.15, -0.1) is 0 Å². The fourth-order valence-corrected chi connectivity index (χ4v) is 6.36. The molecule has 220 valence electrons. The van der Waals surface area contributed by atoms with Gasteiger partial charge in [-0.1, -0.05) is 50.6 Å². The molecule has 1 amide bonds. The van der Waals surface area contributed by atoms with Gasteiger partial charge in [0.15, 0.2) is 0 Å². The lowest BCUT2D eigenvalue weighted by Crippen LogP contribution is -2.33. The Hall–Kier alpha value is -3.02. The molecule has 3 aromatic rings. The zero-order valence-electron chi connectivity index (χ0n) is 23.2. The van der Waals surface area contributed by atoms with Gasteiger partial charge in [0.25, 0.3) is 10.0 Å². The van der Waals surface area contributed by atoms with Crippen LogP contribution in [0.4, 0.5) is 8.78 Å². The molecule has 1 aliphatic carbocycles. The van der Waals surface area contributed by atoms with Crippen LogP contribution in [0, 0.1) is 11.6 Å². The van der Waals surface area contributed by atoms with Crippen molar-refractivity contribution in [3.8, 4) is 5.88 Å². The molecule has 1 aromatic heterocycles. The summed E-state index contributed by atoms with van der Waals surface area (Å²) >= 11 is 5.85. The fourth-order valence-electron chi connectivity index (χ4n) is 5.25. The van der Waals surface area contributed by atoms with E-state index >= 15 is 0 Å². The van der Waals surface area contributed by atoms with Crippen molar-refractivity contribution in [2.75, 3.05) is 13.7 Å². The molecule has 1 unspecified atom stereocenters. The van der Waals surface area contributed by atoms with Gasteiger partial charge in [0, 0.05) is 19.1 Å². The third-order valence-electron chi connectivity index (χ3n) is 7.72. The van der Waals surface area contributed by atoms with Crippen molar-refractivity contribution in [3.63, 3.8) is 0 Å². The molecule has 0 radical (unpaired) electrons. The van der Waals surface area contributed by atoms with Crippen LogP contribution in [0.15, 0.2) is 35.4 Å². The first kappa shape index (κ1) is 29.5. The number of nitrogens with zero attached hydrogens (tertiary/aromatic N) is 2. The van der Waals surface area contributed by atoms with Gasteiger partial charge in [-0.2, -0.15) is 13.5 Å². The molecule has 2 atom stereocenters. The lowest BCUT2D eigenvalue weighted by Gasteiger charge is -2.23. The second-order valence-corrected chi connectivity index (χ2v) is 13.0. The molecular weight excluding hydrogens is 576 g/mol. The number of nitrogens with one attached hydrogen (secondary N) is 1. The highest BCUT2D eigenvalue weighted by Gasteiger charge is 2.32. The van der Waals surface area contributed by atoms with Crippen LogP contribution in [0.3, 0.4) is 0 Å². The van der Waals surface area contributed by atoms with Crippen molar-refractivity contribution >= 4 is 27.5 Å². The summed E-state index contributed by atoms with van der Waals surface area (Å²) < 4.78 is 69.2. The molecule has 1 fully saturated rings. The van der Waals surface area contributed by atoms with E-state index in [4.69, 9.17) is 21.1 Å². The number of amides is 1. The first-order chi connectivity index (χ1) is 19.4. The third-order valence-corrected chi connectivity index (χ3v) is 9.31. The number of aromatic nitrogens is 2. The van der Waals surface area contributed by atoms with Crippen LogP contribution in [-0.4, -0.2) is 43.9 Å². The molecule has 1 aliphatic heterocycles. The topological polar surface area (TPSA) is 99.5 Å². The number of methoxy groups -OCH3 is 1. The maximum absolute atomic E-state index is 14.9. The Morgan fingerprint density at radius 1 is 1.20 bits per heavy atom. The van der Waals surface area contributed by atoms with Crippen LogP contribution in [0.25, 0.3) is 0 Å². The van der Waals surface area contributed by atoms with E-state index in [9.17, 15) is 22.0 Å². The van der Waals surface area contributed by atoms with Crippen LogP contribution in [0.1, 0.15) is 79.2 Å². The van der Waals surface area contributed by atoms with Gasteiger partial charge < -0.3 is 9.47 Å². The van der Waals surface area contributed by atoms with E-state index in [0.717, 1.165) is 41.2 Å². The van der Waals surface area contributed by atoms with Crippen LogP contribution in [0.2, 0.25) is 5.02 Å². The zero-order valence-corrected chi connectivity index (χ0v) is 24.8. The molecule has 0 spiro atoms. The summed E-state index contributed by atoms with van der Waals surface area (Å²) in [6, 6.07) is 7.71. The molecule has 8 nitrogen and oxygen atoms in total. The van der Waals surface area contributed by atoms with E-state index in [1.807, 2.05) is 32.9 Å². The maximum atomic E-state index is 14.9. The Morgan fingerprint density at radius 2 is 1.93 bits per heavy atom.